The first-order chi connectivity index (χ1) is 9.76. The number of ether oxygens (including phenoxy) is 2. The van der Waals surface area contributed by atoms with Crippen molar-refractivity contribution in [2.45, 2.75) is 45.8 Å². The van der Waals surface area contributed by atoms with Crippen molar-refractivity contribution in [1.29, 1.82) is 0 Å². The zero-order valence-electron chi connectivity index (χ0n) is 13.0. The van der Waals surface area contributed by atoms with E-state index in [4.69, 9.17) is 9.47 Å². The Kier molecular flexibility index (Phi) is 4.94. The van der Waals surface area contributed by atoms with Gasteiger partial charge >= 0.3 is 6.09 Å². The molecule has 0 aliphatic carbocycles. The molecule has 1 amide bonds. The average Bonchev–Trinajstić information content (AvgIpc) is 2.34. The van der Waals surface area contributed by atoms with Gasteiger partial charge in [-0.3, -0.25) is 0 Å². The van der Waals surface area contributed by atoms with E-state index >= 15 is 0 Å². The summed E-state index contributed by atoms with van der Waals surface area (Å²) in [5.41, 5.74) is 3.09. The number of benzene rings is 1. The Bertz CT molecular complexity index is 537. The molecule has 1 N–H and O–H groups in total. The van der Waals surface area contributed by atoms with Gasteiger partial charge in [-0.05, 0) is 56.9 Å². The zero-order valence-corrected chi connectivity index (χ0v) is 14.5. The second-order valence-electron chi connectivity index (χ2n) is 6.31. The summed E-state index contributed by atoms with van der Waals surface area (Å²) in [5.74, 6) is 0. The Morgan fingerprint density at radius 2 is 2.19 bits per heavy atom. The third-order valence-corrected chi connectivity index (χ3v) is 3.93. The quantitative estimate of drug-likeness (QED) is 0.874. The van der Waals surface area contributed by atoms with Crippen LogP contribution in [0.5, 0.6) is 0 Å². The summed E-state index contributed by atoms with van der Waals surface area (Å²) < 4.78 is 12.2. The third-order valence-electron chi connectivity index (χ3n) is 3.22. The molecule has 0 aromatic heterocycles. The lowest BCUT2D eigenvalue weighted by atomic mass is 9.95. The number of fused-ring (bicyclic) bond motifs is 1. The molecule has 5 heteroatoms. The fourth-order valence-electron chi connectivity index (χ4n) is 2.40. The smallest absolute Gasteiger partial charge is 0.407 e. The maximum Gasteiger partial charge on any atom is 0.407 e. The first-order valence-corrected chi connectivity index (χ1v) is 7.93. The summed E-state index contributed by atoms with van der Waals surface area (Å²) in [6.45, 7) is 8.67. The molecule has 21 heavy (non-hydrogen) atoms. The molecule has 1 unspecified atom stereocenters. The van der Waals surface area contributed by atoms with Crippen molar-refractivity contribution in [3.8, 4) is 0 Å². The highest BCUT2D eigenvalue weighted by atomic mass is 79.9. The van der Waals surface area contributed by atoms with Crippen LogP contribution in [0, 0.1) is 6.92 Å². The molecule has 2 rings (SSSR count). The molecule has 4 nitrogen and oxygen atoms in total. The van der Waals surface area contributed by atoms with Gasteiger partial charge < -0.3 is 14.8 Å². The van der Waals surface area contributed by atoms with Crippen molar-refractivity contribution in [1.82, 2.24) is 5.32 Å². The second kappa shape index (κ2) is 6.36. The van der Waals surface area contributed by atoms with Crippen molar-refractivity contribution in [3.05, 3.63) is 33.3 Å². The number of halogens is 1. The van der Waals surface area contributed by atoms with Gasteiger partial charge in [0.2, 0.25) is 0 Å². The zero-order chi connectivity index (χ0) is 15.6. The molecule has 0 saturated heterocycles. The lowest BCUT2D eigenvalue weighted by molar-refractivity contribution is 0.0287. The second-order valence-corrected chi connectivity index (χ2v) is 7.16. The van der Waals surface area contributed by atoms with E-state index in [1.165, 1.54) is 11.1 Å². The van der Waals surface area contributed by atoms with E-state index in [1.807, 2.05) is 20.8 Å². The molecule has 1 aromatic rings. The van der Waals surface area contributed by atoms with Gasteiger partial charge in [-0.25, -0.2) is 4.79 Å². The maximum absolute atomic E-state index is 11.7. The number of alkyl carbamates (subject to hydrolysis) is 1. The molecule has 0 spiro atoms. The number of amides is 1. The summed E-state index contributed by atoms with van der Waals surface area (Å²) >= 11 is 3.61. The third kappa shape index (κ3) is 4.45. The highest BCUT2D eigenvalue weighted by molar-refractivity contribution is 9.10. The Morgan fingerprint density at radius 3 is 2.86 bits per heavy atom. The number of aryl methyl sites for hydroxylation is 1. The van der Waals surface area contributed by atoms with Crippen molar-refractivity contribution in [2.24, 2.45) is 0 Å². The number of nitrogens with one attached hydrogen (secondary N) is 1. The first-order valence-electron chi connectivity index (χ1n) is 7.13. The Hall–Kier alpha value is -1.07. The molecule has 1 heterocycles. The summed E-state index contributed by atoms with van der Waals surface area (Å²) in [4.78, 5) is 11.7. The van der Waals surface area contributed by atoms with Gasteiger partial charge in [-0.1, -0.05) is 22.0 Å². The van der Waals surface area contributed by atoms with Gasteiger partial charge in [-0.2, -0.15) is 0 Å². The van der Waals surface area contributed by atoms with Crippen LogP contribution in [-0.4, -0.2) is 24.8 Å². The highest BCUT2D eigenvalue weighted by Gasteiger charge is 2.24. The first kappa shape index (κ1) is 16.3. The van der Waals surface area contributed by atoms with Gasteiger partial charge in [0, 0.05) is 4.47 Å². The predicted octanol–water partition coefficient (Wildman–Crippen LogP) is 3.90. The molecule has 1 atom stereocenters. The molecule has 0 saturated carbocycles. The van der Waals surface area contributed by atoms with E-state index < -0.39 is 11.7 Å². The van der Waals surface area contributed by atoms with Crippen LogP contribution in [0.4, 0.5) is 4.79 Å². The molecule has 116 valence electrons. The lowest BCUT2D eigenvalue weighted by Gasteiger charge is -2.28. The van der Waals surface area contributed by atoms with Crippen LogP contribution in [0.3, 0.4) is 0 Å². The van der Waals surface area contributed by atoms with Crippen LogP contribution in [0.15, 0.2) is 16.6 Å². The van der Waals surface area contributed by atoms with E-state index in [-0.39, 0.29) is 6.10 Å². The van der Waals surface area contributed by atoms with Gasteiger partial charge in [0.1, 0.15) is 11.7 Å². The van der Waals surface area contributed by atoms with Gasteiger partial charge in [0.15, 0.2) is 0 Å². The topological polar surface area (TPSA) is 47.6 Å². The summed E-state index contributed by atoms with van der Waals surface area (Å²) in [6, 6.07) is 4.24. The van der Waals surface area contributed by atoms with Crippen molar-refractivity contribution in [3.63, 3.8) is 0 Å². The Balaban J connectivity index is 2.05. The van der Waals surface area contributed by atoms with Crippen LogP contribution >= 0.6 is 15.9 Å². The number of hydrogen-bond donors (Lipinski definition) is 1. The van der Waals surface area contributed by atoms with E-state index in [9.17, 15) is 4.79 Å². The van der Waals surface area contributed by atoms with Crippen LogP contribution in [0.2, 0.25) is 0 Å². The summed E-state index contributed by atoms with van der Waals surface area (Å²) in [5, 5.41) is 2.79. The monoisotopic (exact) mass is 355 g/mol. The lowest BCUT2D eigenvalue weighted by Crippen LogP contribution is -2.36. The van der Waals surface area contributed by atoms with E-state index in [1.54, 1.807) is 0 Å². The minimum atomic E-state index is -0.491. The summed E-state index contributed by atoms with van der Waals surface area (Å²) in [7, 11) is 0. The molecular formula is C16H22BrNO3. The van der Waals surface area contributed by atoms with E-state index in [0.29, 0.717) is 13.2 Å². The highest BCUT2D eigenvalue weighted by Crippen LogP contribution is 2.33. The van der Waals surface area contributed by atoms with E-state index in [2.05, 4.69) is 40.3 Å². The predicted molar refractivity (Wildman–Crippen MR) is 85.5 cm³/mol. The van der Waals surface area contributed by atoms with Crippen molar-refractivity contribution >= 4 is 22.0 Å². The number of rotatable bonds is 2. The SMILES string of the molecule is Cc1cc(Br)c2c(c1)C(CNC(=O)OC(C)(C)C)OCC2. The molecule has 1 aliphatic rings. The number of hydrogen-bond acceptors (Lipinski definition) is 3. The molecule has 1 aliphatic heterocycles. The van der Waals surface area contributed by atoms with Gasteiger partial charge in [0.05, 0.1) is 13.2 Å². The standard InChI is InChI=1S/C16H22BrNO3/c1-10-7-12-11(13(17)8-10)5-6-20-14(12)9-18-15(19)21-16(2,3)4/h7-8,14H,5-6,9H2,1-4H3,(H,18,19). The van der Waals surface area contributed by atoms with Crippen LogP contribution in [0.25, 0.3) is 0 Å². The maximum atomic E-state index is 11.7. The Morgan fingerprint density at radius 1 is 1.48 bits per heavy atom. The molecular weight excluding hydrogens is 334 g/mol. The molecule has 0 fully saturated rings. The van der Waals surface area contributed by atoms with Crippen molar-refractivity contribution < 1.29 is 14.3 Å². The molecule has 0 radical (unpaired) electrons. The van der Waals surface area contributed by atoms with Crippen LogP contribution < -0.4 is 5.32 Å². The molecule has 1 aromatic carbocycles. The minimum Gasteiger partial charge on any atom is -0.444 e. The molecule has 0 bridgehead atoms. The average molecular weight is 356 g/mol. The normalized spacial score (nSPS) is 18.0. The van der Waals surface area contributed by atoms with Crippen LogP contribution in [-0.2, 0) is 15.9 Å². The fourth-order valence-corrected chi connectivity index (χ4v) is 3.19. The van der Waals surface area contributed by atoms with E-state index in [0.717, 1.165) is 16.5 Å². The van der Waals surface area contributed by atoms with Crippen molar-refractivity contribution in [2.75, 3.05) is 13.2 Å². The number of carbonyl (C=O) groups excluding carboxylic acids is 1. The minimum absolute atomic E-state index is 0.127. The van der Waals surface area contributed by atoms with Crippen LogP contribution in [0.1, 0.15) is 43.6 Å². The summed E-state index contributed by atoms with van der Waals surface area (Å²) in [6.07, 6.45) is 0.349. The number of carbonyl (C=O) groups is 1. The fraction of sp³-hybridized carbons (Fsp3) is 0.562. The largest absolute Gasteiger partial charge is 0.444 e. The Labute approximate surface area is 134 Å². The van der Waals surface area contributed by atoms with Gasteiger partial charge in [0.25, 0.3) is 0 Å². The van der Waals surface area contributed by atoms with Gasteiger partial charge in [-0.15, -0.1) is 0 Å².